The Morgan fingerprint density at radius 3 is 2.95 bits per heavy atom. The zero-order chi connectivity index (χ0) is 13.7. The number of nitrogens with two attached hydrogens (primary N) is 1. The first-order valence-electron chi connectivity index (χ1n) is 5.53. The molecule has 0 aliphatic carbocycles. The van der Waals surface area contributed by atoms with Gasteiger partial charge in [-0.15, -0.1) is 0 Å². The molecule has 0 aliphatic heterocycles. The van der Waals surface area contributed by atoms with Crippen LogP contribution in [0, 0.1) is 17.7 Å². The number of benzene rings is 1. The number of anilines is 1. The molecule has 1 heterocycles. The molecule has 19 heavy (non-hydrogen) atoms. The summed E-state index contributed by atoms with van der Waals surface area (Å²) in [6.45, 7) is 0.158. The lowest BCUT2D eigenvalue weighted by atomic mass is 10.1. The molecule has 0 saturated heterocycles. The van der Waals surface area contributed by atoms with Crippen molar-refractivity contribution in [2.24, 2.45) is 5.73 Å². The quantitative estimate of drug-likeness (QED) is 0.809. The lowest BCUT2D eigenvalue weighted by Gasteiger charge is -2.06. The fourth-order valence-corrected chi connectivity index (χ4v) is 1.46. The molecule has 5 heteroatoms. The summed E-state index contributed by atoms with van der Waals surface area (Å²) in [4.78, 5) is 11.8. The number of carbonyl (C=O) groups excluding carboxylic acids is 1. The molecule has 1 aromatic heterocycles. The van der Waals surface area contributed by atoms with Gasteiger partial charge in [0.05, 0.1) is 29.6 Å². The van der Waals surface area contributed by atoms with Gasteiger partial charge in [-0.3, -0.25) is 4.79 Å². The summed E-state index contributed by atoms with van der Waals surface area (Å²) in [7, 11) is 0. The predicted molar refractivity (Wildman–Crippen MR) is 69.0 cm³/mol. The van der Waals surface area contributed by atoms with E-state index >= 15 is 0 Å². The van der Waals surface area contributed by atoms with Crippen LogP contribution in [0.3, 0.4) is 0 Å². The molecule has 1 amide bonds. The van der Waals surface area contributed by atoms with Crippen molar-refractivity contribution < 1.29 is 13.6 Å². The number of amides is 1. The van der Waals surface area contributed by atoms with Gasteiger partial charge >= 0.3 is 0 Å². The second kappa shape index (κ2) is 5.85. The van der Waals surface area contributed by atoms with Gasteiger partial charge in [0.25, 0.3) is 5.91 Å². The minimum Gasteiger partial charge on any atom is -0.472 e. The molecule has 0 aliphatic rings. The smallest absolute Gasteiger partial charge is 0.258 e. The van der Waals surface area contributed by atoms with Crippen molar-refractivity contribution in [3.8, 4) is 11.8 Å². The molecule has 4 nitrogen and oxygen atoms in total. The number of rotatable bonds is 2. The Kier molecular flexibility index (Phi) is 3.96. The summed E-state index contributed by atoms with van der Waals surface area (Å²) in [5.74, 6) is 4.55. The third kappa shape index (κ3) is 3.21. The molecule has 0 fully saturated rings. The van der Waals surface area contributed by atoms with Crippen molar-refractivity contribution in [1.29, 1.82) is 0 Å². The third-order valence-electron chi connectivity index (χ3n) is 2.34. The van der Waals surface area contributed by atoms with Gasteiger partial charge in [-0.05, 0) is 24.3 Å². The monoisotopic (exact) mass is 258 g/mol. The van der Waals surface area contributed by atoms with Gasteiger partial charge in [0.1, 0.15) is 12.1 Å². The van der Waals surface area contributed by atoms with E-state index in [9.17, 15) is 9.18 Å². The molecular weight excluding hydrogens is 247 g/mol. The van der Waals surface area contributed by atoms with E-state index in [1.54, 1.807) is 0 Å². The highest BCUT2D eigenvalue weighted by molar-refractivity contribution is 6.04. The van der Waals surface area contributed by atoms with Crippen molar-refractivity contribution in [2.45, 2.75) is 0 Å². The molecule has 0 radical (unpaired) electrons. The molecule has 3 N–H and O–H groups in total. The van der Waals surface area contributed by atoms with Crippen LogP contribution in [0.4, 0.5) is 10.1 Å². The minimum absolute atomic E-state index is 0.158. The largest absolute Gasteiger partial charge is 0.472 e. The summed E-state index contributed by atoms with van der Waals surface area (Å²) in [5, 5.41) is 2.64. The summed E-state index contributed by atoms with van der Waals surface area (Å²) < 4.78 is 18.0. The standard InChI is InChI=1S/C14H11FN2O2/c15-12-3-4-13(10(8-12)2-1-6-16)17-14(18)11-5-7-19-9-11/h3-5,7-9H,6,16H2,(H,17,18). The van der Waals surface area contributed by atoms with Crippen molar-refractivity contribution >= 4 is 11.6 Å². The van der Waals surface area contributed by atoms with Crippen LogP contribution in [0.25, 0.3) is 0 Å². The van der Waals surface area contributed by atoms with Crippen LogP contribution in [0.5, 0.6) is 0 Å². The SMILES string of the molecule is NCC#Cc1cc(F)ccc1NC(=O)c1ccoc1. The van der Waals surface area contributed by atoms with E-state index in [1.807, 2.05) is 0 Å². The maximum atomic E-state index is 13.2. The highest BCUT2D eigenvalue weighted by Crippen LogP contribution is 2.17. The van der Waals surface area contributed by atoms with Crippen LogP contribution in [0.1, 0.15) is 15.9 Å². The summed E-state index contributed by atoms with van der Waals surface area (Å²) in [6.07, 6.45) is 2.72. The Hall–Kier alpha value is -2.58. The van der Waals surface area contributed by atoms with Crippen LogP contribution in [-0.4, -0.2) is 12.5 Å². The first kappa shape index (κ1) is 12.9. The van der Waals surface area contributed by atoms with Gasteiger partial charge < -0.3 is 15.5 Å². The molecule has 2 rings (SSSR count). The molecule has 0 saturated carbocycles. The minimum atomic E-state index is -0.428. The second-order valence-electron chi connectivity index (χ2n) is 3.66. The molecule has 96 valence electrons. The van der Waals surface area contributed by atoms with E-state index in [1.165, 1.54) is 36.8 Å². The van der Waals surface area contributed by atoms with Crippen LogP contribution < -0.4 is 11.1 Å². The van der Waals surface area contributed by atoms with Gasteiger partial charge in [0.2, 0.25) is 0 Å². The van der Waals surface area contributed by atoms with Crippen LogP contribution in [0.15, 0.2) is 41.2 Å². The second-order valence-corrected chi connectivity index (χ2v) is 3.66. The Morgan fingerprint density at radius 2 is 2.26 bits per heavy atom. The highest BCUT2D eigenvalue weighted by Gasteiger charge is 2.10. The van der Waals surface area contributed by atoms with Crippen LogP contribution in [0.2, 0.25) is 0 Å². The average Bonchev–Trinajstić information content (AvgIpc) is 2.93. The molecule has 0 bridgehead atoms. The Labute approximate surface area is 109 Å². The number of furan rings is 1. The third-order valence-corrected chi connectivity index (χ3v) is 2.34. The Bertz CT molecular complexity index is 639. The van der Waals surface area contributed by atoms with Crippen LogP contribution >= 0.6 is 0 Å². The average molecular weight is 258 g/mol. The first-order chi connectivity index (χ1) is 9.20. The summed E-state index contributed by atoms with van der Waals surface area (Å²) in [5.41, 5.74) is 6.45. The van der Waals surface area contributed by atoms with E-state index in [-0.39, 0.29) is 12.5 Å². The van der Waals surface area contributed by atoms with E-state index in [2.05, 4.69) is 17.2 Å². The zero-order valence-electron chi connectivity index (χ0n) is 9.94. The van der Waals surface area contributed by atoms with E-state index in [4.69, 9.17) is 10.2 Å². The van der Waals surface area contributed by atoms with Crippen molar-refractivity contribution in [3.05, 3.63) is 53.7 Å². The molecule has 1 aromatic carbocycles. The normalized spacial score (nSPS) is 9.58. The number of carbonyl (C=O) groups is 1. The van der Waals surface area contributed by atoms with E-state index < -0.39 is 5.82 Å². The fourth-order valence-electron chi connectivity index (χ4n) is 1.46. The van der Waals surface area contributed by atoms with Crippen LogP contribution in [-0.2, 0) is 0 Å². The van der Waals surface area contributed by atoms with Crippen molar-refractivity contribution in [2.75, 3.05) is 11.9 Å². The fraction of sp³-hybridized carbons (Fsp3) is 0.0714. The predicted octanol–water partition coefficient (Wildman–Crippen LogP) is 1.98. The summed E-state index contributed by atoms with van der Waals surface area (Å²) >= 11 is 0. The molecule has 2 aromatic rings. The number of halogens is 1. The summed E-state index contributed by atoms with van der Waals surface area (Å²) in [6, 6.07) is 5.48. The number of hydrogen-bond donors (Lipinski definition) is 2. The van der Waals surface area contributed by atoms with Gasteiger partial charge in [0.15, 0.2) is 0 Å². The van der Waals surface area contributed by atoms with Gasteiger partial charge in [-0.25, -0.2) is 4.39 Å². The molecule has 0 spiro atoms. The molecular formula is C14H11FN2O2. The van der Waals surface area contributed by atoms with Crippen molar-refractivity contribution in [1.82, 2.24) is 0 Å². The Morgan fingerprint density at radius 1 is 1.42 bits per heavy atom. The lowest BCUT2D eigenvalue weighted by Crippen LogP contribution is -2.12. The topological polar surface area (TPSA) is 68.3 Å². The number of hydrogen-bond acceptors (Lipinski definition) is 3. The van der Waals surface area contributed by atoms with Gasteiger partial charge in [-0.1, -0.05) is 11.8 Å². The van der Waals surface area contributed by atoms with E-state index in [0.29, 0.717) is 16.8 Å². The molecule has 0 atom stereocenters. The number of nitrogens with one attached hydrogen (secondary N) is 1. The Balaban J connectivity index is 2.27. The van der Waals surface area contributed by atoms with Gasteiger partial charge in [-0.2, -0.15) is 0 Å². The maximum Gasteiger partial charge on any atom is 0.258 e. The lowest BCUT2D eigenvalue weighted by molar-refractivity contribution is 0.102. The first-order valence-corrected chi connectivity index (χ1v) is 5.53. The van der Waals surface area contributed by atoms with Crippen molar-refractivity contribution in [3.63, 3.8) is 0 Å². The molecule has 0 unspecified atom stereocenters. The zero-order valence-corrected chi connectivity index (χ0v) is 9.94. The van der Waals surface area contributed by atoms with E-state index in [0.717, 1.165) is 0 Å². The maximum absolute atomic E-state index is 13.2. The van der Waals surface area contributed by atoms with Gasteiger partial charge in [0, 0.05) is 0 Å². The highest BCUT2D eigenvalue weighted by atomic mass is 19.1.